The summed E-state index contributed by atoms with van der Waals surface area (Å²) in [5, 5.41) is 16.1. The third-order valence-electron chi connectivity index (χ3n) is 2.36. The predicted molar refractivity (Wildman–Crippen MR) is 67.8 cm³/mol. The number of non-ortho nitro benzene ring substituents is 1. The first-order valence-electron chi connectivity index (χ1n) is 5.59. The summed E-state index contributed by atoms with van der Waals surface area (Å²) in [5.74, 6) is -0.116. The Kier molecular flexibility index (Phi) is 3.60. The van der Waals surface area contributed by atoms with Crippen molar-refractivity contribution in [2.45, 2.75) is 6.92 Å². The fraction of sp³-hybridized carbons (Fsp3) is 0.273. The molecule has 1 aromatic heterocycles. The lowest BCUT2D eigenvalue weighted by molar-refractivity contribution is -0.384. The van der Waals surface area contributed by atoms with Crippen molar-refractivity contribution in [2.75, 3.05) is 18.4 Å². The van der Waals surface area contributed by atoms with Gasteiger partial charge in [0.2, 0.25) is 5.91 Å². The van der Waals surface area contributed by atoms with Crippen LogP contribution in [0.25, 0.3) is 11.1 Å². The van der Waals surface area contributed by atoms with Crippen molar-refractivity contribution < 1.29 is 14.1 Å². The van der Waals surface area contributed by atoms with Crippen LogP contribution < -0.4 is 10.6 Å². The van der Waals surface area contributed by atoms with E-state index in [1.807, 2.05) is 0 Å². The average Bonchev–Trinajstić information content (AvgIpc) is 2.75. The standard InChI is InChI=1S/C11H12N4O4/c1-7(16)12-4-5-13-11-14-9-6-8(15(17)18)2-3-10(9)19-11/h2-3,6H,4-5H2,1H3,(H,12,16)(H,13,14). The smallest absolute Gasteiger partial charge is 0.295 e. The molecule has 0 aliphatic rings. The van der Waals surface area contributed by atoms with E-state index in [0.29, 0.717) is 24.2 Å². The number of nitro benzene ring substituents is 1. The van der Waals surface area contributed by atoms with E-state index in [4.69, 9.17) is 4.42 Å². The molecule has 0 saturated carbocycles. The first kappa shape index (κ1) is 12.8. The first-order chi connectivity index (χ1) is 9.06. The van der Waals surface area contributed by atoms with Crippen LogP contribution >= 0.6 is 0 Å². The molecule has 0 aliphatic heterocycles. The molecule has 0 saturated heterocycles. The third-order valence-corrected chi connectivity index (χ3v) is 2.36. The second-order valence-electron chi connectivity index (χ2n) is 3.84. The summed E-state index contributed by atoms with van der Waals surface area (Å²) < 4.78 is 5.35. The molecule has 1 heterocycles. The maximum Gasteiger partial charge on any atom is 0.295 e. The second kappa shape index (κ2) is 5.34. The molecule has 0 aliphatic carbocycles. The molecular formula is C11H12N4O4. The largest absolute Gasteiger partial charge is 0.424 e. The normalized spacial score (nSPS) is 10.4. The molecule has 8 nitrogen and oxygen atoms in total. The lowest BCUT2D eigenvalue weighted by Crippen LogP contribution is -2.26. The lowest BCUT2D eigenvalue weighted by atomic mass is 10.3. The number of nitro groups is 1. The summed E-state index contributed by atoms with van der Waals surface area (Å²) in [6, 6.07) is 4.46. The van der Waals surface area contributed by atoms with Gasteiger partial charge in [-0.2, -0.15) is 4.98 Å². The molecular weight excluding hydrogens is 252 g/mol. The fourth-order valence-electron chi connectivity index (χ4n) is 1.51. The zero-order valence-electron chi connectivity index (χ0n) is 10.2. The summed E-state index contributed by atoms with van der Waals surface area (Å²) in [4.78, 5) is 24.9. The van der Waals surface area contributed by atoms with Crippen LogP contribution in [0.4, 0.5) is 11.7 Å². The van der Waals surface area contributed by atoms with Crippen molar-refractivity contribution in [3.8, 4) is 0 Å². The van der Waals surface area contributed by atoms with Crippen molar-refractivity contribution in [3.63, 3.8) is 0 Å². The monoisotopic (exact) mass is 264 g/mol. The fourth-order valence-corrected chi connectivity index (χ4v) is 1.51. The number of nitrogens with zero attached hydrogens (tertiary/aromatic N) is 2. The molecule has 2 rings (SSSR count). The van der Waals surface area contributed by atoms with Gasteiger partial charge < -0.3 is 15.1 Å². The van der Waals surface area contributed by atoms with E-state index < -0.39 is 4.92 Å². The Morgan fingerprint density at radius 3 is 2.95 bits per heavy atom. The Labute approximate surface area is 108 Å². The SMILES string of the molecule is CC(=O)NCCNc1nc2cc([N+](=O)[O-])ccc2o1. The van der Waals surface area contributed by atoms with Crippen molar-refractivity contribution in [1.29, 1.82) is 0 Å². The highest BCUT2D eigenvalue weighted by molar-refractivity contribution is 5.77. The molecule has 19 heavy (non-hydrogen) atoms. The molecule has 0 radical (unpaired) electrons. The van der Waals surface area contributed by atoms with Gasteiger partial charge in [0, 0.05) is 32.1 Å². The molecule has 0 bridgehead atoms. The minimum atomic E-state index is -0.488. The molecule has 2 aromatic rings. The molecule has 1 aromatic carbocycles. The van der Waals surface area contributed by atoms with E-state index in [2.05, 4.69) is 15.6 Å². The minimum Gasteiger partial charge on any atom is -0.424 e. The van der Waals surface area contributed by atoms with Crippen molar-refractivity contribution in [2.24, 2.45) is 0 Å². The van der Waals surface area contributed by atoms with Gasteiger partial charge in [0.1, 0.15) is 5.52 Å². The number of carbonyl (C=O) groups is 1. The quantitative estimate of drug-likeness (QED) is 0.478. The number of carbonyl (C=O) groups excluding carboxylic acids is 1. The molecule has 0 fully saturated rings. The Hall–Kier alpha value is -2.64. The van der Waals surface area contributed by atoms with E-state index >= 15 is 0 Å². The Morgan fingerprint density at radius 2 is 2.26 bits per heavy atom. The van der Waals surface area contributed by atoms with Gasteiger partial charge in [0.25, 0.3) is 11.7 Å². The van der Waals surface area contributed by atoms with Crippen LogP contribution in [0.15, 0.2) is 22.6 Å². The number of hydrogen-bond acceptors (Lipinski definition) is 6. The molecule has 2 N–H and O–H groups in total. The highest BCUT2D eigenvalue weighted by atomic mass is 16.6. The molecule has 8 heteroatoms. The van der Waals surface area contributed by atoms with E-state index in [1.165, 1.54) is 25.1 Å². The number of nitrogens with one attached hydrogen (secondary N) is 2. The number of rotatable bonds is 5. The number of oxazole rings is 1. The molecule has 0 unspecified atom stereocenters. The van der Waals surface area contributed by atoms with E-state index in [-0.39, 0.29) is 17.6 Å². The van der Waals surface area contributed by atoms with E-state index in [0.717, 1.165) is 0 Å². The van der Waals surface area contributed by atoms with Crippen LogP contribution in [0, 0.1) is 10.1 Å². The lowest BCUT2D eigenvalue weighted by Gasteiger charge is -2.01. The topological polar surface area (TPSA) is 110 Å². The second-order valence-corrected chi connectivity index (χ2v) is 3.84. The van der Waals surface area contributed by atoms with Gasteiger partial charge in [0.05, 0.1) is 4.92 Å². The summed E-state index contributed by atoms with van der Waals surface area (Å²) in [5.41, 5.74) is 0.842. The number of benzene rings is 1. The van der Waals surface area contributed by atoms with Gasteiger partial charge in [-0.1, -0.05) is 0 Å². The molecule has 0 spiro atoms. The number of amides is 1. The van der Waals surface area contributed by atoms with E-state index in [1.54, 1.807) is 0 Å². The maximum absolute atomic E-state index is 10.7. The van der Waals surface area contributed by atoms with Gasteiger partial charge in [-0.25, -0.2) is 0 Å². The molecule has 0 atom stereocenters. The summed E-state index contributed by atoms with van der Waals surface area (Å²) in [6.07, 6.45) is 0. The van der Waals surface area contributed by atoms with Gasteiger partial charge in [-0.3, -0.25) is 14.9 Å². The Bertz CT molecular complexity index is 622. The third kappa shape index (κ3) is 3.18. The van der Waals surface area contributed by atoms with Crippen LogP contribution in [0.5, 0.6) is 0 Å². The Balaban J connectivity index is 2.04. The minimum absolute atomic E-state index is 0.0365. The average molecular weight is 264 g/mol. The zero-order valence-corrected chi connectivity index (χ0v) is 10.2. The number of fused-ring (bicyclic) bond motifs is 1. The first-order valence-corrected chi connectivity index (χ1v) is 5.59. The van der Waals surface area contributed by atoms with Gasteiger partial charge in [-0.05, 0) is 6.07 Å². The van der Waals surface area contributed by atoms with Crippen LogP contribution in [-0.4, -0.2) is 28.9 Å². The Morgan fingerprint density at radius 1 is 1.47 bits per heavy atom. The maximum atomic E-state index is 10.7. The van der Waals surface area contributed by atoms with Crippen molar-refractivity contribution in [3.05, 3.63) is 28.3 Å². The number of aromatic nitrogens is 1. The van der Waals surface area contributed by atoms with E-state index in [9.17, 15) is 14.9 Å². The van der Waals surface area contributed by atoms with Crippen molar-refractivity contribution in [1.82, 2.24) is 10.3 Å². The highest BCUT2D eigenvalue weighted by Gasteiger charge is 2.11. The molecule has 100 valence electrons. The van der Waals surface area contributed by atoms with Crippen LogP contribution in [-0.2, 0) is 4.79 Å². The van der Waals surface area contributed by atoms with Crippen LogP contribution in [0.1, 0.15) is 6.92 Å². The zero-order chi connectivity index (χ0) is 13.8. The number of hydrogen-bond donors (Lipinski definition) is 2. The summed E-state index contributed by atoms with van der Waals surface area (Å²) in [6.45, 7) is 2.32. The van der Waals surface area contributed by atoms with Crippen LogP contribution in [0.3, 0.4) is 0 Å². The molecule has 1 amide bonds. The van der Waals surface area contributed by atoms with Gasteiger partial charge >= 0.3 is 0 Å². The summed E-state index contributed by atoms with van der Waals surface area (Å²) >= 11 is 0. The van der Waals surface area contributed by atoms with Crippen LogP contribution in [0.2, 0.25) is 0 Å². The highest BCUT2D eigenvalue weighted by Crippen LogP contribution is 2.23. The number of anilines is 1. The van der Waals surface area contributed by atoms with Gasteiger partial charge in [-0.15, -0.1) is 0 Å². The predicted octanol–water partition coefficient (Wildman–Crippen LogP) is 1.28. The van der Waals surface area contributed by atoms with Gasteiger partial charge in [0.15, 0.2) is 5.58 Å². The summed E-state index contributed by atoms with van der Waals surface area (Å²) in [7, 11) is 0. The van der Waals surface area contributed by atoms with Crippen molar-refractivity contribution >= 4 is 28.7 Å².